The van der Waals surface area contributed by atoms with Crippen molar-refractivity contribution in [2.45, 2.75) is 187 Å². The fourth-order valence-corrected chi connectivity index (χ4v) is 8.03. The number of anilines is 1. The predicted molar refractivity (Wildman–Crippen MR) is 244 cm³/mol. The van der Waals surface area contributed by atoms with E-state index in [4.69, 9.17) is 14.0 Å². The Kier molecular flexibility index (Phi) is 31.7. The summed E-state index contributed by atoms with van der Waals surface area (Å²) < 4.78 is 18.7. The summed E-state index contributed by atoms with van der Waals surface area (Å²) in [6.45, 7) is 5.52. The Hall–Kier alpha value is -2.88. The average molecular weight is 858 g/mol. The van der Waals surface area contributed by atoms with Gasteiger partial charge in [-0.3, -0.25) is 14.5 Å². The molecule has 2 N–H and O–H groups in total. The van der Waals surface area contributed by atoms with E-state index in [1.165, 1.54) is 51.4 Å². The smallest absolute Gasteiger partial charge is 0.306 e. The Morgan fingerprint density at radius 2 is 1.25 bits per heavy atom. The minimum Gasteiger partial charge on any atom is -0.631 e. The van der Waals surface area contributed by atoms with Crippen molar-refractivity contribution < 1.29 is 43.0 Å². The largest absolute Gasteiger partial charge is 0.631 e. The lowest BCUT2D eigenvalue weighted by atomic mass is 10.1. The first-order chi connectivity index (χ1) is 29.3. The SMILES string of the molecule is CCCCC/C=C\C/C=C\CCCCCCCC(=O)OC[C@H](CO[P+]([O-])(O)CCN1CC[n+]2cc(CO)ccc21)OC(=O)CCCCCCC/C=C\C/C=C\CCCCC. The molecule has 0 spiro atoms. The molecule has 1 aromatic rings. The van der Waals surface area contributed by atoms with Gasteiger partial charge in [0.2, 0.25) is 7.94 Å². The van der Waals surface area contributed by atoms with Gasteiger partial charge in [-0.2, -0.15) is 0 Å². The fourth-order valence-electron chi connectivity index (χ4n) is 7.01. The van der Waals surface area contributed by atoms with Crippen LogP contribution in [0.2, 0.25) is 0 Å². The van der Waals surface area contributed by atoms with Gasteiger partial charge in [0.05, 0.1) is 12.8 Å². The summed E-state index contributed by atoms with van der Waals surface area (Å²) in [5.41, 5.74) is 0.805. The van der Waals surface area contributed by atoms with E-state index in [0.29, 0.717) is 26.1 Å². The molecule has 1 aliphatic heterocycles. The number of aromatic nitrogens is 1. The molecule has 1 unspecified atom stereocenters. The summed E-state index contributed by atoms with van der Waals surface area (Å²) in [5, 5.41) is 9.45. The summed E-state index contributed by atoms with van der Waals surface area (Å²) in [4.78, 5) is 51.3. The Bertz CT molecular complexity index is 1380. The van der Waals surface area contributed by atoms with E-state index in [1.807, 2.05) is 27.8 Å². The van der Waals surface area contributed by atoms with Crippen molar-refractivity contribution in [3.63, 3.8) is 0 Å². The molecule has 340 valence electrons. The van der Waals surface area contributed by atoms with E-state index < -0.39 is 20.0 Å². The second-order valence-electron chi connectivity index (χ2n) is 16.1. The lowest BCUT2D eigenvalue weighted by Gasteiger charge is -2.25. The number of fused-ring (bicyclic) bond motifs is 1. The third-order valence-corrected chi connectivity index (χ3v) is 12.0. The van der Waals surface area contributed by atoms with Crippen LogP contribution in [0.15, 0.2) is 66.9 Å². The topological polar surface area (TPSA) is 132 Å². The van der Waals surface area contributed by atoms with Crippen molar-refractivity contribution in [1.29, 1.82) is 0 Å². The second kappa shape index (κ2) is 35.7. The maximum atomic E-state index is 13.1. The number of carbonyl (C=O) groups excluding carboxylic acids is 2. The molecular weight excluding hydrogens is 776 g/mol. The number of hydrogen-bond acceptors (Lipinski definition) is 9. The number of rotatable bonds is 38. The van der Waals surface area contributed by atoms with Crippen molar-refractivity contribution in [3.8, 4) is 0 Å². The summed E-state index contributed by atoms with van der Waals surface area (Å²) in [5.74, 6) is 0.0975. The minimum absolute atomic E-state index is 0.0484. The lowest BCUT2D eigenvalue weighted by molar-refractivity contribution is -0.671. The highest BCUT2D eigenvalue weighted by atomic mass is 31.2. The van der Waals surface area contributed by atoms with Crippen LogP contribution < -0.4 is 14.4 Å². The van der Waals surface area contributed by atoms with Crippen LogP contribution >= 0.6 is 7.94 Å². The number of nitrogens with zero attached hydrogens (tertiary/aromatic N) is 2. The maximum absolute atomic E-state index is 13.1. The monoisotopic (exact) mass is 858 g/mol. The zero-order valence-electron chi connectivity index (χ0n) is 37.5. The van der Waals surface area contributed by atoms with Crippen molar-refractivity contribution in [3.05, 3.63) is 72.5 Å². The van der Waals surface area contributed by atoms with Gasteiger partial charge in [-0.05, 0) is 83.1 Å². The number of aliphatic hydroxyl groups is 1. The molecule has 0 aliphatic carbocycles. The average Bonchev–Trinajstić information content (AvgIpc) is 3.66. The third kappa shape index (κ3) is 27.9. The number of hydrogen-bond donors (Lipinski definition) is 2. The second-order valence-corrected chi connectivity index (χ2v) is 18.1. The zero-order chi connectivity index (χ0) is 43.4. The van der Waals surface area contributed by atoms with Gasteiger partial charge in [-0.15, -0.1) is 0 Å². The molecule has 0 amide bonds. The number of esters is 2. The fraction of sp³-hybridized carbons (Fsp3) is 0.694. The van der Waals surface area contributed by atoms with Crippen molar-refractivity contribution >= 4 is 25.7 Å². The van der Waals surface area contributed by atoms with Gasteiger partial charge >= 0.3 is 11.9 Å². The Balaban J connectivity index is 1.71. The van der Waals surface area contributed by atoms with Gasteiger partial charge < -0.3 is 19.5 Å². The van der Waals surface area contributed by atoms with Gasteiger partial charge in [0.1, 0.15) is 39.0 Å². The highest BCUT2D eigenvalue weighted by Gasteiger charge is 2.34. The number of aliphatic hydroxyl groups excluding tert-OH is 1. The van der Waals surface area contributed by atoms with Gasteiger partial charge in [0.15, 0.2) is 6.10 Å². The quantitative estimate of drug-likeness (QED) is 0.0219. The van der Waals surface area contributed by atoms with Crippen LogP contribution in [0.25, 0.3) is 0 Å². The molecular formula is C49H82N2O8P+. The molecule has 2 rings (SSSR count). The first kappa shape index (κ1) is 53.3. The molecule has 1 aromatic heterocycles. The number of ether oxygens (including phenoxy) is 2. The Morgan fingerprint density at radius 1 is 0.733 bits per heavy atom. The Morgan fingerprint density at radius 3 is 1.80 bits per heavy atom. The summed E-state index contributed by atoms with van der Waals surface area (Å²) in [7, 11) is -4.05. The van der Waals surface area contributed by atoms with Crippen LogP contribution in [0.3, 0.4) is 0 Å². The van der Waals surface area contributed by atoms with Crippen LogP contribution in [0.4, 0.5) is 5.82 Å². The molecule has 0 saturated heterocycles. The molecule has 2 heterocycles. The van der Waals surface area contributed by atoms with E-state index in [2.05, 4.69) is 62.5 Å². The van der Waals surface area contributed by atoms with E-state index in [9.17, 15) is 24.5 Å². The number of pyridine rings is 1. The number of carbonyl (C=O) groups is 2. The van der Waals surface area contributed by atoms with Crippen molar-refractivity contribution in [1.82, 2.24) is 0 Å². The molecule has 0 radical (unpaired) electrons. The highest BCUT2D eigenvalue weighted by molar-refractivity contribution is 7.58. The van der Waals surface area contributed by atoms with E-state index in [0.717, 1.165) is 94.9 Å². The molecule has 11 heteroatoms. The van der Waals surface area contributed by atoms with Crippen molar-refractivity contribution in [2.24, 2.45) is 0 Å². The summed E-state index contributed by atoms with van der Waals surface area (Å²) in [6.07, 6.45) is 43.3. The maximum Gasteiger partial charge on any atom is 0.306 e. The minimum atomic E-state index is -4.05. The van der Waals surface area contributed by atoms with Crippen molar-refractivity contribution in [2.75, 3.05) is 37.4 Å². The summed E-state index contributed by atoms with van der Waals surface area (Å²) in [6, 6.07) is 3.74. The zero-order valence-corrected chi connectivity index (χ0v) is 38.4. The summed E-state index contributed by atoms with van der Waals surface area (Å²) >= 11 is 0. The molecule has 0 aromatic carbocycles. The molecule has 0 fully saturated rings. The highest BCUT2D eigenvalue weighted by Crippen LogP contribution is 2.46. The van der Waals surface area contributed by atoms with E-state index in [1.54, 1.807) is 0 Å². The van der Waals surface area contributed by atoms with Gasteiger partial charge in [0, 0.05) is 24.5 Å². The molecule has 0 bridgehead atoms. The van der Waals surface area contributed by atoms with Crippen LogP contribution in [0.1, 0.15) is 174 Å². The number of unbranched alkanes of at least 4 members (excludes halogenated alkanes) is 16. The van der Waals surface area contributed by atoms with Crippen LogP contribution in [-0.2, 0) is 36.7 Å². The Labute approximate surface area is 364 Å². The van der Waals surface area contributed by atoms with E-state index >= 15 is 0 Å². The lowest BCUT2D eigenvalue weighted by Crippen LogP contribution is -2.34. The van der Waals surface area contributed by atoms with Gasteiger partial charge in [0.25, 0.3) is 5.82 Å². The first-order valence-electron chi connectivity index (χ1n) is 23.6. The van der Waals surface area contributed by atoms with E-state index in [-0.39, 0.29) is 44.8 Å². The molecule has 60 heavy (non-hydrogen) atoms. The normalized spacial score (nSPS) is 14.5. The van der Waals surface area contributed by atoms with Gasteiger partial charge in [-0.25, -0.2) is 14.0 Å². The van der Waals surface area contributed by atoms with Crippen LogP contribution in [-0.4, -0.2) is 60.5 Å². The molecule has 10 nitrogen and oxygen atoms in total. The third-order valence-electron chi connectivity index (χ3n) is 10.7. The standard InChI is InChI=1S/C49H81N2O8P/c1-3-5-7-9-11-13-15-17-19-21-23-25-27-29-31-33-48(53)57-43-46(44-58-60(55,56)40-39-50-37-38-51-41-45(42-52)35-36-47(50)51)59-49(54)34-32-30-28-26-24-22-20-18-16-14-12-10-8-6-4-2/h11-14,17-20,35-36,41,46,52H,3-10,15-16,21-34,37-40,42-44H2,1-2H3/p+1/b13-11-,14-12-,19-17-,20-18-/t46-/m1/s1. The predicted octanol–water partition coefficient (Wildman–Crippen LogP) is 10.5. The molecule has 2 atom stereocenters. The molecule has 1 aliphatic rings. The first-order valence-corrected chi connectivity index (χ1v) is 25.3. The number of allylic oxidation sites excluding steroid dienone is 8. The molecule has 0 saturated carbocycles. The van der Waals surface area contributed by atoms with Crippen LogP contribution in [0.5, 0.6) is 0 Å². The van der Waals surface area contributed by atoms with Crippen LogP contribution in [0, 0.1) is 0 Å². The van der Waals surface area contributed by atoms with Gasteiger partial charge in [-0.1, -0.05) is 127 Å².